The van der Waals surface area contributed by atoms with Crippen molar-refractivity contribution in [2.45, 2.75) is 200 Å². The SMILES string of the molecule is CCCCCCCC/C=C\CCCCCCCCOCC(O)COCCCCCCCCCCCCCCCC. The molecule has 0 aromatic carbocycles. The average molecular weight is 567 g/mol. The third-order valence-corrected chi connectivity index (χ3v) is 8.06. The lowest BCUT2D eigenvalue weighted by molar-refractivity contribution is -0.0201. The molecular formula is C37H74O3. The summed E-state index contributed by atoms with van der Waals surface area (Å²) in [5, 5.41) is 10.0. The highest BCUT2D eigenvalue weighted by atomic mass is 16.5. The van der Waals surface area contributed by atoms with Gasteiger partial charge in [-0.1, -0.05) is 167 Å². The zero-order valence-electron chi connectivity index (χ0n) is 27.6. The fourth-order valence-electron chi connectivity index (χ4n) is 5.34. The Morgan fingerprint density at radius 2 is 0.675 bits per heavy atom. The van der Waals surface area contributed by atoms with Crippen molar-refractivity contribution in [3.63, 3.8) is 0 Å². The van der Waals surface area contributed by atoms with E-state index in [0.29, 0.717) is 13.2 Å². The number of ether oxygens (including phenoxy) is 2. The molecule has 1 N–H and O–H groups in total. The first-order valence-electron chi connectivity index (χ1n) is 18.3. The van der Waals surface area contributed by atoms with E-state index in [-0.39, 0.29) is 0 Å². The molecule has 0 rings (SSSR count). The van der Waals surface area contributed by atoms with E-state index in [2.05, 4.69) is 26.0 Å². The second-order valence-electron chi connectivity index (χ2n) is 12.3. The summed E-state index contributed by atoms with van der Waals surface area (Å²) in [6.45, 7) is 6.91. The van der Waals surface area contributed by atoms with Crippen LogP contribution in [0, 0.1) is 0 Å². The summed E-state index contributed by atoms with van der Waals surface area (Å²) in [7, 11) is 0. The minimum absolute atomic E-state index is 0.407. The van der Waals surface area contributed by atoms with Crippen LogP contribution in [0.3, 0.4) is 0 Å². The number of allylic oxidation sites excluding steroid dienone is 2. The molecule has 0 aliphatic rings. The Labute approximate surface area is 252 Å². The summed E-state index contributed by atoms with van der Waals surface area (Å²) in [5.74, 6) is 0. The van der Waals surface area contributed by atoms with Gasteiger partial charge in [-0.05, 0) is 38.5 Å². The van der Waals surface area contributed by atoms with Crippen molar-refractivity contribution < 1.29 is 14.6 Å². The molecule has 0 spiro atoms. The Hall–Kier alpha value is -0.380. The van der Waals surface area contributed by atoms with Gasteiger partial charge in [0, 0.05) is 13.2 Å². The van der Waals surface area contributed by atoms with Gasteiger partial charge in [-0.3, -0.25) is 0 Å². The van der Waals surface area contributed by atoms with Crippen LogP contribution in [0.4, 0.5) is 0 Å². The van der Waals surface area contributed by atoms with Crippen LogP contribution in [-0.4, -0.2) is 37.6 Å². The smallest absolute Gasteiger partial charge is 0.101 e. The van der Waals surface area contributed by atoms with Crippen molar-refractivity contribution in [3.8, 4) is 0 Å². The summed E-state index contributed by atoms with van der Waals surface area (Å²) in [5.41, 5.74) is 0. The fourth-order valence-corrected chi connectivity index (χ4v) is 5.34. The molecule has 0 aliphatic carbocycles. The number of unbranched alkanes of at least 4 members (excludes halogenated alkanes) is 25. The van der Waals surface area contributed by atoms with Crippen LogP contribution in [0.1, 0.15) is 194 Å². The second-order valence-corrected chi connectivity index (χ2v) is 12.3. The molecule has 0 aliphatic heterocycles. The maximum absolute atomic E-state index is 10.0. The highest BCUT2D eigenvalue weighted by Crippen LogP contribution is 2.13. The van der Waals surface area contributed by atoms with Crippen LogP contribution >= 0.6 is 0 Å². The van der Waals surface area contributed by atoms with Gasteiger partial charge in [0.05, 0.1) is 13.2 Å². The molecule has 240 valence electrons. The van der Waals surface area contributed by atoms with Crippen molar-refractivity contribution in [2.75, 3.05) is 26.4 Å². The van der Waals surface area contributed by atoms with Crippen molar-refractivity contribution >= 4 is 0 Å². The van der Waals surface area contributed by atoms with E-state index in [0.717, 1.165) is 26.1 Å². The number of hydrogen-bond donors (Lipinski definition) is 1. The van der Waals surface area contributed by atoms with E-state index >= 15 is 0 Å². The highest BCUT2D eigenvalue weighted by Gasteiger charge is 2.04. The van der Waals surface area contributed by atoms with Crippen LogP contribution in [0.5, 0.6) is 0 Å². The topological polar surface area (TPSA) is 38.7 Å². The minimum Gasteiger partial charge on any atom is -0.388 e. The quantitative estimate of drug-likeness (QED) is 0.0612. The zero-order chi connectivity index (χ0) is 29.0. The van der Waals surface area contributed by atoms with Gasteiger partial charge in [0.2, 0.25) is 0 Å². The number of hydrogen-bond acceptors (Lipinski definition) is 3. The van der Waals surface area contributed by atoms with Crippen molar-refractivity contribution in [2.24, 2.45) is 0 Å². The van der Waals surface area contributed by atoms with Gasteiger partial charge in [-0.2, -0.15) is 0 Å². The Morgan fingerprint density at radius 3 is 1.00 bits per heavy atom. The Balaban J connectivity index is 3.17. The lowest BCUT2D eigenvalue weighted by Gasteiger charge is -2.12. The van der Waals surface area contributed by atoms with E-state index < -0.39 is 6.10 Å². The van der Waals surface area contributed by atoms with Crippen LogP contribution in [0.15, 0.2) is 12.2 Å². The lowest BCUT2D eigenvalue weighted by Crippen LogP contribution is -2.22. The zero-order valence-corrected chi connectivity index (χ0v) is 27.6. The van der Waals surface area contributed by atoms with E-state index in [9.17, 15) is 5.11 Å². The molecule has 0 heterocycles. The van der Waals surface area contributed by atoms with Gasteiger partial charge in [0.1, 0.15) is 6.10 Å². The molecule has 1 unspecified atom stereocenters. The predicted octanol–water partition coefficient (Wildman–Crippen LogP) is 11.9. The molecular weight excluding hydrogens is 492 g/mol. The highest BCUT2D eigenvalue weighted by molar-refractivity contribution is 4.81. The largest absolute Gasteiger partial charge is 0.388 e. The van der Waals surface area contributed by atoms with Gasteiger partial charge < -0.3 is 14.6 Å². The van der Waals surface area contributed by atoms with Gasteiger partial charge in [-0.15, -0.1) is 0 Å². The van der Waals surface area contributed by atoms with E-state index in [1.54, 1.807) is 0 Å². The molecule has 0 radical (unpaired) electrons. The van der Waals surface area contributed by atoms with Crippen LogP contribution in [0.2, 0.25) is 0 Å². The fraction of sp³-hybridized carbons (Fsp3) is 0.946. The lowest BCUT2D eigenvalue weighted by atomic mass is 10.0. The van der Waals surface area contributed by atoms with Crippen molar-refractivity contribution in [1.29, 1.82) is 0 Å². The monoisotopic (exact) mass is 567 g/mol. The predicted molar refractivity (Wildman–Crippen MR) is 177 cm³/mol. The molecule has 0 fully saturated rings. The maximum atomic E-state index is 10.0. The summed E-state index contributed by atoms with van der Waals surface area (Å²) >= 11 is 0. The molecule has 1 atom stereocenters. The van der Waals surface area contributed by atoms with Gasteiger partial charge >= 0.3 is 0 Å². The summed E-state index contributed by atoms with van der Waals surface area (Å²) < 4.78 is 11.3. The van der Waals surface area contributed by atoms with Crippen molar-refractivity contribution in [1.82, 2.24) is 0 Å². The number of aliphatic hydroxyl groups is 1. The normalized spacial score (nSPS) is 12.6. The third-order valence-electron chi connectivity index (χ3n) is 8.06. The van der Waals surface area contributed by atoms with Gasteiger partial charge in [0.15, 0.2) is 0 Å². The maximum Gasteiger partial charge on any atom is 0.101 e. The molecule has 3 heteroatoms. The summed E-state index contributed by atoms with van der Waals surface area (Å²) in [6.07, 6.45) is 42.1. The van der Waals surface area contributed by atoms with Crippen LogP contribution in [-0.2, 0) is 9.47 Å². The van der Waals surface area contributed by atoms with Gasteiger partial charge in [0.25, 0.3) is 0 Å². The number of aliphatic hydroxyl groups excluding tert-OH is 1. The minimum atomic E-state index is -0.485. The summed E-state index contributed by atoms with van der Waals surface area (Å²) in [4.78, 5) is 0. The first-order valence-corrected chi connectivity index (χ1v) is 18.3. The first-order chi connectivity index (χ1) is 19.8. The number of rotatable bonds is 35. The third kappa shape index (κ3) is 35.6. The molecule has 0 aromatic heterocycles. The van der Waals surface area contributed by atoms with E-state index in [1.807, 2.05) is 0 Å². The average Bonchev–Trinajstić information content (AvgIpc) is 2.96. The molecule has 40 heavy (non-hydrogen) atoms. The van der Waals surface area contributed by atoms with Crippen molar-refractivity contribution in [3.05, 3.63) is 12.2 Å². The van der Waals surface area contributed by atoms with E-state index in [4.69, 9.17) is 9.47 Å². The Kier molecular flexibility index (Phi) is 36.3. The molecule has 3 nitrogen and oxygen atoms in total. The second kappa shape index (κ2) is 36.6. The molecule has 0 amide bonds. The van der Waals surface area contributed by atoms with Crippen LogP contribution in [0.25, 0.3) is 0 Å². The standard InChI is InChI=1S/C37H74O3/c1-3-5-7-9-11-13-15-17-19-20-22-24-26-28-30-32-34-40-36-37(38)35-39-33-31-29-27-25-23-21-18-16-14-12-10-8-6-4-2/h17,19,37-38H,3-16,18,20-36H2,1-2H3/b19-17-. The van der Waals surface area contributed by atoms with E-state index in [1.165, 1.54) is 167 Å². The van der Waals surface area contributed by atoms with Crippen LogP contribution < -0.4 is 0 Å². The molecule has 0 bridgehead atoms. The first kappa shape index (κ1) is 39.6. The van der Waals surface area contributed by atoms with Gasteiger partial charge in [-0.25, -0.2) is 0 Å². The summed E-state index contributed by atoms with van der Waals surface area (Å²) in [6, 6.07) is 0. The molecule has 0 saturated heterocycles. The molecule has 0 saturated carbocycles. The Morgan fingerprint density at radius 1 is 0.400 bits per heavy atom. The Bertz CT molecular complexity index is 464. The molecule has 0 aromatic rings.